The SMILES string of the molecule is CCc1nc2nc(-c3ccc4ccccc4c3)cc(-c3ccccc3)n2n1. The molecule has 0 fully saturated rings. The van der Waals surface area contributed by atoms with E-state index < -0.39 is 0 Å². The molecule has 0 saturated carbocycles. The van der Waals surface area contributed by atoms with Crippen molar-refractivity contribution >= 4 is 16.6 Å². The first-order valence-corrected chi connectivity index (χ1v) is 9.13. The van der Waals surface area contributed by atoms with Crippen molar-refractivity contribution in [1.82, 2.24) is 19.6 Å². The number of nitrogens with zero attached hydrogens (tertiary/aromatic N) is 4. The summed E-state index contributed by atoms with van der Waals surface area (Å²) in [4.78, 5) is 9.40. The molecule has 5 rings (SSSR count). The van der Waals surface area contributed by atoms with Gasteiger partial charge in [0.15, 0.2) is 5.82 Å². The molecule has 0 saturated heterocycles. The summed E-state index contributed by atoms with van der Waals surface area (Å²) in [6.07, 6.45) is 0.781. The Morgan fingerprint density at radius 3 is 2.33 bits per heavy atom. The highest BCUT2D eigenvalue weighted by Gasteiger charge is 2.13. The Morgan fingerprint density at radius 2 is 1.52 bits per heavy atom. The normalized spacial score (nSPS) is 11.3. The molecule has 0 radical (unpaired) electrons. The van der Waals surface area contributed by atoms with E-state index in [0.29, 0.717) is 5.78 Å². The summed E-state index contributed by atoms with van der Waals surface area (Å²) in [5.41, 5.74) is 4.08. The minimum absolute atomic E-state index is 0.636. The van der Waals surface area contributed by atoms with E-state index in [2.05, 4.69) is 77.7 Å². The lowest BCUT2D eigenvalue weighted by Crippen LogP contribution is -1.99. The smallest absolute Gasteiger partial charge is 0.211 e. The molecule has 0 aliphatic carbocycles. The molecule has 0 aliphatic rings. The summed E-state index contributed by atoms with van der Waals surface area (Å²) in [7, 11) is 0. The minimum Gasteiger partial charge on any atom is -0.211 e. The Bertz CT molecular complexity index is 1260. The molecular weight excluding hydrogens is 332 g/mol. The Labute approximate surface area is 157 Å². The van der Waals surface area contributed by atoms with Crippen LogP contribution in [-0.4, -0.2) is 19.6 Å². The lowest BCUT2D eigenvalue weighted by molar-refractivity contribution is 0.886. The fraction of sp³-hybridized carbons (Fsp3) is 0.0870. The maximum atomic E-state index is 4.80. The lowest BCUT2D eigenvalue weighted by atomic mass is 10.0. The molecule has 2 heterocycles. The van der Waals surface area contributed by atoms with Gasteiger partial charge in [0.1, 0.15) is 0 Å². The summed E-state index contributed by atoms with van der Waals surface area (Å²) in [5.74, 6) is 1.44. The molecule has 4 heteroatoms. The standard InChI is InChI=1S/C23H18N4/c1-2-22-25-23-24-20(19-13-12-16-8-6-7-11-18(16)14-19)15-21(27(23)26-22)17-9-4-3-5-10-17/h3-15H,2H2,1H3. The fourth-order valence-electron chi connectivity index (χ4n) is 3.37. The molecule has 0 amide bonds. The highest BCUT2D eigenvalue weighted by atomic mass is 15.3. The molecule has 0 spiro atoms. The zero-order valence-electron chi connectivity index (χ0n) is 15.0. The molecule has 0 bridgehead atoms. The number of benzene rings is 3. The molecule has 2 aromatic heterocycles. The lowest BCUT2D eigenvalue weighted by Gasteiger charge is -2.08. The Morgan fingerprint density at radius 1 is 0.741 bits per heavy atom. The van der Waals surface area contributed by atoms with Crippen molar-refractivity contribution in [2.24, 2.45) is 0 Å². The summed E-state index contributed by atoms with van der Waals surface area (Å²) in [5, 5.41) is 7.06. The Kier molecular flexibility index (Phi) is 3.68. The van der Waals surface area contributed by atoms with Crippen LogP contribution in [0.2, 0.25) is 0 Å². The third-order valence-electron chi connectivity index (χ3n) is 4.79. The van der Waals surface area contributed by atoms with Crippen LogP contribution in [0.3, 0.4) is 0 Å². The molecule has 0 aliphatic heterocycles. The van der Waals surface area contributed by atoms with E-state index in [1.165, 1.54) is 10.8 Å². The summed E-state index contributed by atoms with van der Waals surface area (Å²) < 4.78 is 1.85. The van der Waals surface area contributed by atoms with E-state index in [1.54, 1.807) is 0 Å². The van der Waals surface area contributed by atoms with Gasteiger partial charge < -0.3 is 0 Å². The first-order chi connectivity index (χ1) is 13.3. The molecule has 0 atom stereocenters. The van der Waals surface area contributed by atoms with Crippen LogP contribution in [0.1, 0.15) is 12.7 Å². The second kappa shape index (κ2) is 6.32. The van der Waals surface area contributed by atoms with Gasteiger partial charge in [-0.05, 0) is 22.9 Å². The predicted octanol–water partition coefficient (Wildman–Crippen LogP) is 5.17. The molecule has 0 N–H and O–H groups in total. The van der Waals surface area contributed by atoms with E-state index in [9.17, 15) is 0 Å². The predicted molar refractivity (Wildman–Crippen MR) is 109 cm³/mol. The van der Waals surface area contributed by atoms with Crippen LogP contribution in [0.4, 0.5) is 0 Å². The Balaban J connectivity index is 1.76. The number of aryl methyl sites for hydroxylation is 1. The molecular formula is C23H18N4. The minimum atomic E-state index is 0.636. The van der Waals surface area contributed by atoms with Crippen LogP contribution in [0.25, 0.3) is 39.1 Å². The fourth-order valence-corrected chi connectivity index (χ4v) is 3.37. The van der Waals surface area contributed by atoms with Crippen molar-refractivity contribution < 1.29 is 0 Å². The van der Waals surface area contributed by atoms with Gasteiger partial charge in [-0.15, -0.1) is 5.10 Å². The van der Waals surface area contributed by atoms with Crippen LogP contribution in [0.15, 0.2) is 78.9 Å². The second-order valence-electron chi connectivity index (χ2n) is 6.55. The van der Waals surface area contributed by atoms with Crippen LogP contribution in [-0.2, 0) is 6.42 Å². The van der Waals surface area contributed by atoms with Gasteiger partial charge in [0.2, 0.25) is 0 Å². The highest BCUT2D eigenvalue weighted by Crippen LogP contribution is 2.28. The van der Waals surface area contributed by atoms with Gasteiger partial charge in [-0.2, -0.15) is 9.50 Å². The van der Waals surface area contributed by atoms with E-state index in [-0.39, 0.29) is 0 Å². The van der Waals surface area contributed by atoms with Gasteiger partial charge in [-0.3, -0.25) is 0 Å². The van der Waals surface area contributed by atoms with Gasteiger partial charge in [-0.1, -0.05) is 73.7 Å². The van der Waals surface area contributed by atoms with Crippen LogP contribution in [0.5, 0.6) is 0 Å². The van der Waals surface area contributed by atoms with E-state index in [1.807, 2.05) is 22.7 Å². The van der Waals surface area contributed by atoms with Crippen molar-refractivity contribution in [3.63, 3.8) is 0 Å². The molecule has 0 unspecified atom stereocenters. The number of hydrogen-bond donors (Lipinski definition) is 0. The Hall–Kier alpha value is -3.53. The van der Waals surface area contributed by atoms with Crippen molar-refractivity contribution in [2.75, 3.05) is 0 Å². The van der Waals surface area contributed by atoms with Gasteiger partial charge in [0.25, 0.3) is 5.78 Å². The topological polar surface area (TPSA) is 43.1 Å². The van der Waals surface area contributed by atoms with Gasteiger partial charge in [-0.25, -0.2) is 4.98 Å². The van der Waals surface area contributed by atoms with Crippen molar-refractivity contribution in [2.45, 2.75) is 13.3 Å². The van der Waals surface area contributed by atoms with Gasteiger partial charge >= 0.3 is 0 Å². The monoisotopic (exact) mass is 350 g/mol. The van der Waals surface area contributed by atoms with Crippen LogP contribution in [0, 0.1) is 0 Å². The third kappa shape index (κ3) is 2.75. The molecule has 130 valence electrons. The number of fused-ring (bicyclic) bond motifs is 2. The van der Waals surface area contributed by atoms with Crippen LogP contribution < -0.4 is 0 Å². The zero-order valence-corrected chi connectivity index (χ0v) is 15.0. The number of aromatic nitrogens is 4. The number of hydrogen-bond acceptors (Lipinski definition) is 3. The molecule has 3 aromatic carbocycles. The van der Waals surface area contributed by atoms with Crippen molar-refractivity contribution in [3.05, 3.63) is 84.7 Å². The maximum Gasteiger partial charge on any atom is 0.253 e. The molecule has 4 nitrogen and oxygen atoms in total. The van der Waals surface area contributed by atoms with E-state index in [4.69, 9.17) is 4.98 Å². The van der Waals surface area contributed by atoms with Crippen LogP contribution >= 0.6 is 0 Å². The zero-order chi connectivity index (χ0) is 18.2. The van der Waals surface area contributed by atoms with Crippen molar-refractivity contribution in [3.8, 4) is 22.5 Å². The molecule has 5 aromatic rings. The average molecular weight is 350 g/mol. The molecule has 27 heavy (non-hydrogen) atoms. The van der Waals surface area contributed by atoms with E-state index >= 15 is 0 Å². The highest BCUT2D eigenvalue weighted by molar-refractivity contribution is 5.87. The average Bonchev–Trinajstić information content (AvgIpc) is 3.16. The quantitative estimate of drug-likeness (QED) is 0.451. The third-order valence-corrected chi connectivity index (χ3v) is 4.79. The first-order valence-electron chi connectivity index (χ1n) is 9.13. The maximum absolute atomic E-state index is 4.80. The summed E-state index contributed by atoms with van der Waals surface area (Å²) in [6.45, 7) is 2.06. The van der Waals surface area contributed by atoms with E-state index in [0.717, 1.165) is 34.8 Å². The van der Waals surface area contributed by atoms with Gasteiger partial charge in [0, 0.05) is 17.5 Å². The number of rotatable bonds is 3. The first kappa shape index (κ1) is 15.7. The van der Waals surface area contributed by atoms with Crippen molar-refractivity contribution in [1.29, 1.82) is 0 Å². The summed E-state index contributed by atoms with van der Waals surface area (Å²) >= 11 is 0. The largest absolute Gasteiger partial charge is 0.253 e. The second-order valence-corrected chi connectivity index (χ2v) is 6.55. The van der Waals surface area contributed by atoms with Gasteiger partial charge in [0.05, 0.1) is 11.4 Å². The summed E-state index contributed by atoms with van der Waals surface area (Å²) in [6, 6.07) is 27.2.